The minimum absolute atomic E-state index is 0.00701. The van der Waals surface area contributed by atoms with E-state index in [0.717, 1.165) is 6.07 Å². The van der Waals surface area contributed by atoms with Gasteiger partial charge in [0.25, 0.3) is 5.60 Å². The molecule has 1 heterocycles. The summed E-state index contributed by atoms with van der Waals surface area (Å²) in [5.41, 5.74) is -3.32. The minimum Gasteiger partial charge on any atom is -0.497 e. The van der Waals surface area contributed by atoms with Crippen molar-refractivity contribution in [1.82, 2.24) is 0 Å². The van der Waals surface area contributed by atoms with Crippen molar-refractivity contribution < 1.29 is 27.4 Å². The van der Waals surface area contributed by atoms with Gasteiger partial charge in [-0.05, 0) is 24.1 Å². The molecule has 22 heavy (non-hydrogen) atoms. The summed E-state index contributed by atoms with van der Waals surface area (Å²) in [6.07, 6.45) is -6.10. The van der Waals surface area contributed by atoms with Crippen LogP contribution < -0.4 is 10.1 Å². The lowest BCUT2D eigenvalue weighted by Gasteiger charge is -2.35. The molecule has 1 aromatic rings. The predicted octanol–water partition coefficient (Wildman–Crippen LogP) is 3.67. The summed E-state index contributed by atoms with van der Waals surface area (Å²) in [5.74, 6) is 4.43. The average Bonchev–Trinajstić information content (AvgIpc) is 2.42. The molecule has 0 fully saturated rings. The van der Waals surface area contributed by atoms with Crippen molar-refractivity contribution in [2.45, 2.75) is 25.6 Å². The molecule has 0 spiro atoms. The first-order valence-corrected chi connectivity index (χ1v) is 6.47. The normalized spacial score (nSPS) is 20.4. The predicted molar refractivity (Wildman–Crippen MR) is 73.4 cm³/mol. The Morgan fingerprint density at radius 3 is 2.59 bits per heavy atom. The van der Waals surface area contributed by atoms with E-state index in [1.165, 1.54) is 19.2 Å². The third-order valence-electron chi connectivity index (χ3n) is 3.02. The Balaban J connectivity index is 2.74. The molecule has 1 amide bonds. The molecule has 1 atom stereocenters. The maximum Gasteiger partial charge on any atom is 0.445 e. The summed E-state index contributed by atoms with van der Waals surface area (Å²) in [4.78, 5) is 11.6. The van der Waals surface area contributed by atoms with E-state index >= 15 is 0 Å². The topological polar surface area (TPSA) is 47.6 Å². The number of hydrogen-bond donors (Lipinski definition) is 1. The highest BCUT2D eigenvalue weighted by atomic mass is 19.4. The van der Waals surface area contributed by atoms with E-state index in [-0.39, 0.29) is 22.9 Å². The number of nitrogens with one attached hydrogen (secondary N) is 1. The van der Waals surface area contributed by atoms with E-state index in [1.807, 2.05) is 0 Å². The summed E-state index contributed by atoms with van der Waals surface area (Å²) in [6.45, 7) is 3.29. The summed E-state index contributed by atoms with van der Waals surface area (Å²) in [5, 5.41) is 2.24. The number of fused-ring (bicyclic) bond motifs is 1. The smallest absolute Gasteiger partial charge is 0.445 e. The number of alkyl halides is 3. The molecule has 118 valence electrons. The van der Waals surface area contributed by atoms with E-state index in [9.17, 15) is 18.0 Å². The number of methoxy groups -OCH3 is 1. The molecular formula is C15H14F3NO3. The van der Waals surface area contributed by atoms with Gasteiger partial charge in [-0.1, -0.05) is 19.8 Å². The zero-order valence-electron chi connectivity index (χ0n) is 12.2. The van der Waals surface area contributed by atoms with Crippen LogP contribution in [0.1, 0.15) is 19.4 Å². The van der Waals surface area contributed by atoms with Crippen LogP contribution in [0.15, 0.2) is 18.2 Å². The number of anilines is 1. The lowest BCUT2D eigenvalue weighted by Crippen LogP contribution is -2.49. The minimum atomic E-state index is -4.90. The number of carbonyl (C=O) groups is 1. The van der Waals surface area contributed by atoms with E-state index < -0.39 is 17.9 Å². The van der Waals surface area contributed by atoms with Crippen LogP contribution in [0, 0.1) is 17.8 Å². The monoisotopic (exact) mass is 313 g/mol. The molecule has 0 bridgehead atoms. The third-order valence-corrected chi connectivity index (χ3v) is 3.02. The molecule has 0 saturated heterocycles. The van der Waals surface area contributed by atoms with Crippen LogP contribution in [0.3, 0.4) is 0 Å². The van der Waals surface area contributed by atoms with Crippen molar-refractivity contribution in [3.63, 3.8) is 0 Å². The quantitative estimate of drug-likeness (QED) is 0.805. The Hall–Kier alpha value is -2.36. The van der Waals surface area contributed by atoms with Crippen molar-refractivity contribution in [2.75, 3.05) is 12.4 Å². The fourth-order valence-electron chi connectivity index (χ4n) is 2.00. The Labute approximate surface area is 125 Å². The first kappa shape index (κ1) is 16.0. The van der Waals surface area contributed by atoms with E-state index in [1.54, 1.807) is 13.8 Å². The van der Waals surface area contributed by atoms with E-state index in [4.69, 9.17) is 4.74 Å². The molecule has 0 saturated carbocycles. The van der Waals surface area contributed by atoms with Crippen LogP contribution in [0.25, 0.3) is 0 Å². The number of cyclic esters (lactones) is 1. The number of carbonyl (C=O) groups excluding carboxylic acids is 1. The van der Waals surface area contributed by atoms with Gasteiger partial charge in [-0.15, -0.1) is 0 Å². The van der Waals surface area contributed by atoms with Gasteiger partial charge in [0, 0.05) is 11.5 Å². The van der Waals surface area contributed by atoms with Crippen molar-refractivity contribution in [3.05, 3.63) is 23.8 Å². The van der Waals surface area contributed by atoms with Gasteiger partial charge in [0.15, 0.2) is 0 Å². The largest absolute Gasteiger partial charge is 0.497 e. The number of amides is 1. The Morgan fingerprint density at radius 2 is 2.05 bits per heavy atom. The number of benzene rings is 1. The molecule has 1 N–H and O–H groups in total. The molecule has 0 radical (unpaired) electrons. The van der Waals surface area contributed by atoms with Gasteiger partial charge < -0.3 is 9.47 Å². The van der Waals surface area contributed by atoms with Crippen LogP contribution in [-0.2, 0) is 10.3 Å². The van der Waals surface area contributed by atoms with Gasteiger partial charge >= 0.3 is 12.3 Å². The first-order valence-electron chi connectivity index (χ1n) is 6.47. The second-order valence-corrected chi connectivity index (χ2v) is 5.03. The Morgan fingerprint density at radius 1 is 1.36 bits per heavy atom. The van der Waals surface area contributed by atoms with Gasteiger partial charge in [-0.2, -0.15) is 13.2 Å². The van der Waals surface area contributed by atoms with Crippen LogP contribution in [0.4, 0.5) is 23.7 Å². The number of rotatable bonds is 1. The third kappa shape index (κ3) is 2.69. The maximum atomic E-state index is 13.7. The molecule has 7 heteroatoms. The van der Waals surface area contributed by atoms with Gasteiger partial charge in [0.05, 0.1) is 12.8 Å². The van der Waals surface area contributed by atoms with E-state index in [0.29, 0.717) is 0 Å². The van der Waals surface area contributed by atoms with Crippen molar-refractivity contribution in [2.24, 2.45) is 5.92 Å². The molecule has 1 aromatic carbocycles. The summed E-state index contributed by atoms with van der Waals surface area (Å²) in [6, 6.07) is 3.94. The summed E-state index contributed by atoms with van der Waals surface area (Å²) >= 11 is 0. The summed E-state index contributed by atoms with van der Waals surface area (Å²) < 4.78 is 50.6. The highest BCUT2D eigenvalue weighted by Crippen LogP contribution is 2.48. The second kappa shape index (κ2) is 5.44. The van der Waals surface area contributed by atoms with Gasteiger partial charge in [-0.3, -0.25) is 5.32 Å². The Kier molecular flexibility index (Phi) is 3.96. The van der Waals surface area contributed by atoms with Gasteiger partial charge in [-0.25, -0.2) is 4.79 Å². The summed E-state index contributed by atoms with van der Waals surface area (Å²) in [7, 11) is 1.33. The number of halogens is 3. The molecule has 1 aliphatic rings. The zero-order chi connectivity index (χ0) is 16.5. The fraction of sp³-hybridized carbons (Fsp3) is 0.400. The van der Waals surface area contributed by atoms with Crippen molar-refractivity contribution in [3.8, 4) is 17.6 Å². The highest BCUT2D eigenvalue weighted by molar-refractivity contribution is 5.90. The van der Waals surface area contributed by atoms with Crippen molar-refractivity contribution >= 4 is 11.8 Å². The Bertz CT molecular complexity index is 658. The molecule has 4 nitrogen and oxygen atoms in total. The maximum absolute atomic E-state index is 13.7. The highest BCUT2D eigenvalue weighted by Gasteiger charge is 2.62. The average molecular weight is 313 g/mol. The zero-order valence-corrected chi connectivity index (χ0v) is 12.2. The van der Waals surface area contributed by atoms with Crippen molar-refractivity contribution in [1.29, 1.82) is 0 Å². The van der Waals surface area contributed by atoms with Gasteiger partial charge in [0.2, 0.25) is 0 Å². The number of hydrogen-bond acceptors (Lipinski definition) is 3. The first-order chi connectivity index (χ1) is 10.2. The standard InChI is InChI=1S/C15H14F3NO3/c1-9(2)6-7-14(15(16,17)18)11-8-10(21-3)4-5-12(11)19-13(20)22-14/h4-5,8-9H,1-3H3,(H,19,20). The van der Waals surface area contributed by atoms with E-state index in [2.05, 4.69) is 21.9 Å². The lowest BCUT2D eigenvalue weighted by molar-refractivity contribution is -0.239. The fourth-order valence-corrected chi connectivity index (χ4v) is 2.00. The molecular weight excluding hydrogens is 299 g/mol. The van der Waals surface area contributed by atoms with Crippen LogP contribution in [0.2, 0.25) is 0 Å². The SMILES string of the molecule is COc1ccc2c(c1)C(C#CC(C)C)(C(F)(F)F)OC(=O)N2. The molecule has 2 rings (SSSR count). The molecule has 0 aliphatic carbocycles. The van der Waals surface area contributed by atoms with Crippen LogP contribution >= 0.6 is 0 Å². The lowest BCUT2D eigenvalue weighted by atomic mass is 9.89. The van der Waals surface area contributed by atoms with Gasteiger partial charge in [0.1, 0.15) is 5.75 Å². The number of ether oxygens (including phenoxy) is 2. The van der Waals surface area contributed by atoms with Crippen LogP contribution in [-0.4, -0.2) is 19.4 Å². The molecule has 0 aromatic heterocycles. The second-order valence-electron chi connectivity index (χ2n) is 5.03. The van der Waals surface area contributed by atoms with Crippen LogP contribution in [0.5, 0.6) is 5.75 Å². The molecule has 1 aliphatic heterocycles. The molecule has 1 unspecified atom stereocenters.